The third kappa shape index (κ3) is 3.06. The zero-order chi connectivity index (χ0) is 10.6. The zero-order valence-electron chi connectivity index (χ0n) is 8.76. The minimum Gasteiger partial charge on any atom is -0.299 e. The normalized spacial score (nSPS) is 9.79. The molecule has 0 heterocycles. The summed E-state index contributed by atoms with van der Waals surface area (Å²) in [6, 6.07) is 5.80. The van der Waals surface area contributed by atoms with E-state index in [0.29, 0.717) is 0 Å². The first-order valence-electron chi connectivity index (χ1n) is 4.50. The second-order valence-corrected chi connectivity index (χ2v) is 3.86. The van der Waals surface area contributed by atoms with Gasteiger partial charge in [0.05, 0.1) is 6.54 Å². The minimum atomic E-state index is 0.770. The maximum absolute atomic E-state index is 5.98. The highest BCUT2D eigenvalue weighted by atomic mass is 35.5. The zero-order valence-corrected chi connectivity index (χ0v) is 9.52. The van der Waals surface area contributed by atoms with Gasteiger partial charge in [-0.3, -0.25) is 4.90 Å². The SMILES string of the molecule is Cc1c(Cl)cccc1C#CCN(C)C. The first-order valence-corrected chi connectivity index (χ1v) is 4.88. The molecule has 0 saturated heterocycles. The van der Waals surface area contributed by atoms with Crippen LogP contribution in [0.15, 0.2) is 18.2 Å². The summed E-state index contributed by atoms with van der Waals surface area (Å²) in [6.07, 6.45) is 0. The van der Waals surface area contributed by atoms with Gasteiger partial charge in [-0.05, 0) is 38.7 Å². The van der Waals surface area contributed by atoms with Crippen molar-refractivity contribution in [2.75, 3.05) is 20.6 Å². The second kappa shape index (κ2) is 5.05. The van der Waals surface area contributed by atoms with Crippen molar-refractivity contribution in [3.8, 4) is 11.8 Å². The van der Waals surface area contributed by atoms with E-state index in [1.807, 2.05) is 44.1 Å². The number of hydrogen-bond donors (Lipinski definition) is 0. The van der Waals surface area contributed by atoms with Gasteiger partial charge in [0.1, 0.15) is 0 Å². The molecule has 0 spiro atoms. The molecule has 0 saturated carbocycles. The molecule has 1 aromatic rings. The summed E-state index contributed by atoms with van der Waals surface area (Å²) in [4.78, 5) is 2.03. The Morgan fingerprint density at radius 1 is 1.36 bits per heavy atom. The Labute approximate surface area is 90.7 Å². The smallest absolute Gasteiger partial charge is 0.0600 e. The second-order valence-electron chi connectivity index (χ2n) is 3.45. The van der Waals surface area contributed by atoms with Crippen molar-refractivity contribution in [1.29, 1.82) is 0 Å². The molecular weight excluding hydrogens is 194 g/mol. The summed E-state index contributed by atoms with van der Waals surface area (Å²) < 4.78 is 0. The number of hydrogen-bond acceptors (Lipinski definition) is 1. The van der Waals surface area contributed by atoms with Crippen molar-refractivity contribution >= 4 is 11.6 Å². The third-order valence-electron chi connectivity index (χ3n) is 1.89. The maximum atomic E-state index is 5.98. The fourth-order valence-electron chi connectivity index (χ4n) is 1.04. The molecule has 2 heteroatoms. The largest absolute Gasteiger partial charge is 0.299 e. The molecule has 0 fully saturated rings. The fourth-order valence-corrected chi connectivity index (χ4v) is 1.21. The van der Waals surface area contributed by atoms with Crippen molar-refractivity contribution in [1.82, 2.24) is 4.90 Å². The Bertz CT molecular complexity index is 372. The molecule has 0 aliphatic rings. The van der Waals surface area contributed by atoms with E-state index < -0.39 is 0 Å². The van der Waals surface area contributed by atoms with E-state index in [1.54, 1.807) is 0 Å². The van der Waals surface area contributed by atoms with Crippen LogP contribution in [0.25, 0.3) is 0 Å². The van der Waals surface area contributed by atoms with Gasteiger partial charge in [0.2, 0.25) is 0 Å². The molecule has 1 nitrogen and oxygen atoms in total. The van der Waals surface area contributed by atoms with Crippen LogP contribution in [0.5, 0.6) is 0 Å². The van der Waals surface area contributed by atoms with E-state index in [9.17, 15) is 0 Å². The van der Waals surface area contributed by atoms with Crippen molar-refractivity contribution in [3.63, 3.8) is 0 Å². The van der Waals surface area contributed by atoms with Crippen LogP contribution >= 0.6 is 11.6 Å². The van der Waals surface area contributed by atoms with Crippen LogP contribution < -0.4 is 0 Å². The van der Waals surface area contributed by atoms with Crippen molar-refractivity contribution in [2.24, 2.45) is 0 Å². The molecule has 1 rings (SSSR count). The topological polar surface area (TPSA) is 3.24 Å². The van der Waals surface area contributed by atoms with Gasteiger partial charge in [-0.2, -0.15) is 0 Å². The minimum absolute atomic E-state index is 0.770. The molecule has 14 heavy (non-hydrogen) atoms. The van der Waals surface area contributed by atoms with E-state index in [1.165, 1.54) is 0 Å². The van der Waals surface area contributed by atoms with Gasteiger partial charge >= 0.3 is 0 Å². The molecule has 1 aromatic carbocycles. The third-order valence-corrected chi connectivity index (χ3v) is 2.30. The number of benzene rings is 1. The number of halogens is 1. The summed E-state index contributed by atoms with van der Waals surface area (Å²) >= 11 is 5.98. The lowest BCUT2D eigenvalue weighted by Gasteiger charge is -2.02. The summed E-state index contributed by atoms with van der Waals surface area (Å²) in [5.74, 6) is 6.20. The molecular formula is C12H14ClN. The Hall–Kier alpha value is -0.970. The molecule has 0 unspecified atom stereocenters. The number of nitrogens with zero attached hydrogens (tertiary/aromatic N) is 1. The van der Waals surface area contributed by atoms with Gasteiger partial charge in [0, 0.05) is 10.6 Å². The van der Waals surface area contributed by atoms with Crippen LogP contribution in [0.1, 0.15) is 11.1 Å². The van der Waals surface area contributed by atoms with Gasteiger partial charge in [0.15, 0.2) is 0 Å². The fraction of sp³-hybridized carbons (Fsp3) is 0.333. The highest BCUT2D eigenvalue weighted by Gasteiger charge is 1.97. The molecule has 0 atom stereocenters. The molecule has 0 N–H and O–H groups in total. The average Bonchev–Trinajstić information content (AvgIpc) is 2.12. The maximum Gasteiger partial charge on any atom is 0.0600 e. The first kappa shape index (κ1) is 11.1. The van der Waals surface area contributed by atoms with E-state index >= 15 is 0 Å². The molecule has 74 valence electrons. The van der Waals surface area contributed by atoms with Crippen LogP contribution in [-0.4, -0.2) is 25.5 Å². The molecule has 0 radical (unpaired) electrons. The lowest BCUT2D eigenvalue weighted by atomic mass is 10.1. The van der Waals surface area contributed by atoms with Crippen LogP contribution in [0.2, 0.25) is 5.02 Å². The van der Waals surface area contributed by atoms with E-state index in [-0.39, 0.29) is 0 Å². The monoisotopic (exact) mass is 207 g/mol. The van der Waals surface area contributed by atoms with Crippen molar-refractivity contribution < 1.29 is 0 Å². The van der Waals surface area contributed by atoms with Gasteiger partial charge in [-0.15, -0.1) is 0 Å². The Morgan fingerprint density at radius 2 is 2.07 bits per heavy atom. The van der Waals surface area contributed by atoms with E-state index in [4.69, 9.17) is 11.6 Å². The molecule has 0 aliphatic carbocycles. The molecule has 0 amide bonds. The van der Waals surface area contributed by atoms with Crippen LogP contribution in [0, 0.1) is 18.8 Å². The standard InChI is InChI=1S/C12H14ClN/c1-10-11(6-4-8-12(10)13)7-5-9-14(2)3/h4,6,8H,9H2,1-3H3. The molecule has 0 aliphatic heterocycles. The number of rotatable bonds is 1. The van der Waals surface area contributed by atoms with Gasteiger partial charge < -0.3 is 0 Å². The summed E-state index contributed by atoms with van der Waals surface area (Å²) in [5.41, 5.74) is 2.07. The van der Waals surface area contributed by atoms with Gasteiger partial charge in [-0.25, -0.2) is 0 Å². The van der Waals surface area contributed by atoms with Crippen LogP contribution in [0.4, 0.5) is 0 Å². The average molecular weight is 208 g/mol. The Morgan fingerprint density at radius 3 is 2.71 bits per heavy atom. The highest BCUT2D eigenvalue weighted by Crippen LogP contribution is 2.17. The van der Waals surface area contributed by atoms with Crippen LogP contribution in [-0.2, 0) is 0 Å². The van der Waals surface area contributed by atoms with Crippen molar-refractivity contribution in [2.45, 2.75) is 6.92 Å². The van der Waals surface area contributed by atoms with Gasteiger partial charge in [0.25, 0.3) is 0 Å². The Kier molecular flexibility index (Phi) is 4.00. The molecule has 0 bridgehead atoms. The molecule has 0 aromatic heterocycles. The lowest BCUT2D eigenvalue weighted by Crippen LogP contribution is -2.10. The predicted octanol–water partition coefficient (Wildman–Crippen LogP) is 2.56. The van der Waals surface area contributed by atoms with Crippen LogP contribution in [0.3, 0.4) is 0 Å². The van der Waals surface area contributed by atoms with E-state index in [2.05, 4.69) is 11.8 Å². The quantitative estimate of drug-likeness (QED) is 0.640. The highest BCUT2D eigenvalue weighted by molar-refractivity contribution is 6.31. The lowest BCUT2D eigenvalue weighted by molar-refractivity contribution is 0.464. The summed E-state index contributed by atoms with van der Waals surface area (Å²) in [7, 11) is 4.00. The predicted molar refractivity (Wildman–Crippen MR) is 61.6 cm³/mol. The summed E-state index contributed by atoms with van der Waals surface area (Å²) in [6.45, 7) is 2.76. The van der Waals surface area contributed by atoms with Gasteiger partial charge in [-0.1, -0.05) is 29.5 Å². The van der Waals surface area contributed by atoms with E-state index in [0.717, 1.165) is 22.7 Å². The first-order chi connectivity index (χ1) is 6.61. The summed E-state index contributed by atoms with van der Waals surface area (Å²) in [5, 5.41) is 0.779. The Balaban J connectivity index is 2.85. The van der Waals surface area contributed by atoms with Crippen molar-refractivity contribution in [3.05, 3.63) is 34.3 Å².